The number of esters is 1. The molecule has 1 N–H and O–H groups in total. The molecular formula is C27H23Cl2N3O3S3. The van der Waals surface area contributed by atoms with E-state index in [1.54, 1.807) is 17.9 Å². The second-order valence-corrected chi connectivity index (χ2v) is 11.8. The topological polar surface area (TPSA) is 61.9 Å². The highest BCUT2D eigenvalue weighted by Gasteiger charge is 2.28. The molecule has 2 aromatic heterocycles. The molecule has 38 heavy (non-hydrogen) atoms. The van der Waals surface area contributed by atoms with Crippen LogP contribution in [0, 0.1) is 0 Å². The van der Waals surface area contributed by atoms with Gasteiger partial charge in [-0.15, -0.1) is 22.7 Å². The van der Waals surface area contributed by atoms with Gasteiger partial charge in [0.15, 0.2) is 5.11 Å². The summed E-state index contributed by atoms with van der Waals surface area (Å²) in [4.78, 5) is 31.2. The van der Waals surface area contributed by atoms with Crippen LogP contribution in [0.25, 0.3) is 20.5 Å². The van der Waals surface area contributed by atoms with Crippen molar-refractivity contribution in [1.82, 2.24) is 9.80 Å². The predicted molar refractivity (Wildman–Crippen MR) is 161 cm³/mol. The van der Waals surface area contributed by atoms with E-state index in [9.17, 15) is 9.59 Å². The lowest BCUT2D eigenvalue weighted by atomic mass is 10.1. The average molecular weight is 605 g/mol. The van der Waals surface area contributed by atoms with Gasteiger partial charge in [-0.1, -0.05) is 59.6 Å². The molecular weight excluding hydrogens is 581 g/mol. The summed E-state index contributed by atoms with van der Waals surface area (Å²) in [5.41, 5.74) is 1.46. The van der Waals surface area contributed by atoms with E-state index in [0.717, 1.165) is 20.5 Å². The zero-order chi connectivity index (χ0) is 26.8. The zero-order valence-electron chi connectivity index (χ0n) is 20.3. The summed E-state index contributed by atoms with van der Waals surface area (Å²) >= 11 is 21.2. The molecule has 2 aromatic carbocycles. The number of hydrogen-bond donors (Lipinski definition) is 1. The van der Waals surface area contributed by atoms with Crippen molar-refractivity contribution in [2.24, 2.45) is 0 Å². The van der Waals surface area contributed by atoms with E-state index in [-0.39, 0.29) is 12.5 Å². The van der Waals surface area contributed by atoms with Crippen molar-refractivity contribution in [2.45, 2.75) is 6.92 Å². The number of halogens is 2. The molecule has 5 rings (SSSR count). The Bertz CT molecular complexity index is 1510. The lowest BCUT2D eigenvalue weighted by molar-refractivity contribution is 0.0527. The summed E-state index contributed by atoms with van der Waals surface area (Å²) in [6, 6.07) is 17.1. The standard InChI is InChI=1S/C27H23Cl2N3O3S3/c1-2-35-26(34)19-15-20(16-6-4-3-5-7-16)38-24(19)30-27(36)32-12-10-31(11-13-32)25(33)23-22(29)18-9-8-17(28)14-21(18)37-23/h3-9,14-15H,2,10-13H2,1H3,(H,30,36). The van der Waals surface area contributed by atoms with E-state index in [1.807, 2.05) is 53.4 Å². The summed E-state index contributed by atoms with van der Waals surface area (Å²) < 4.78 is 6.16. The number of carbonyl (C=O) groups is 2. The van der Waals surface area contributed by atoms with Gasteiger partial charge in [-0.3, -0.25) is 4.79 Å². The molecule has 0 bridgehead atoms. The molecule has 1 aliphatic rings. The Balaban J connectivity index is 1.27. The largest absolute Gasteiger partial charge is 0.462 e. The number of thiocarbonyl (C=S) groups is 1. The molecule has 1 aliphatic heterocycles. The van der Waals surface area contributed by atoms with E-state index in [0.29, 0.717) is 56.8 Å². The number of hydrogen-bond acceptors (Lipinski definition) is 6. The third kappa shape index (κ3) is 5.53. The lowest BCUT2D eigenvalue weighted by Crippen LogP contribution is -2.51. The summed E-state index contributed by atoms with van der Waals surface area (Å²) in [7, 11) is 0. The van der Waals surface area contributed by atoms with Crippen molar-refractivity contribution >= 4 is 90.2 Å². The maximum absolute atomic E-state index is 13.3. The van der Waals surface area contributed by atoms with Crippen LogP contribution in [0.2, 0.25) is 10.0 Å². The smallest absolute Gasteiger partial charge is 0.341 e. The monoisotopic (exact) mass is 603 g/mol. The number of piperazine rings is 1. The van der Waals surface area contributed by atoms with E-state index in [1.165, 1.54) is 22.7 Å². The fourth-order valence-corrected chi connectivity index (χ4v) is 7.35. The Kier molecular flexibility index (Phi) is 8.20. The van der Waals surface area contributed by atoms with Crippen LogP contribution in [-0.4, -0.2) is 59.6 Å². The number of nitrogens with one attached hydrogen (secondary N) is 1. The zero-order valence-corrected chi connectivity index (χ0v) is 24.3. The first-order valence-electron chi connectivity index (χ1n) is 11.9. The molecule has 11 heteroatoms. The van der Waals surface area contributed by atoms with Gasteiger partial charge in [-0.05, 0) is 42.9 Å². The van der Waals surface area contributed by atoms with Crippen LogP contribution < -0.4 is 5.32 Å². The lowest BCUT2D eigenvalue weighted by Gasteiger charge is -2.36. The molecule has 196 valence electrons. The SMILES string of the molecule is CCOC(=O)c1cc(-c2ccccc2)sc1NC(=S)N1CCN(C(=O)c2sc3cc(Cl)ccc3c2Cl)CC1. The fourth-order valence-electron chi connectivity index (χ4n) is 4.20. The minimum Gasteiger partial charge on any atom is -0.462 e. The number of benzene rings is 2. The van der Waals surface area contributed by atoms with Gasteiger partial charge in [0, 0.05) is 46.2 Å². The maximum atomic E-state index is 13.3. The summed E-state index contributed by atoms with van der Waals surface area (Å²) in [6.07, 6.45) is 0. The first-order chi connectivity index (χ1) is 18.4. The van der Waals surface area contributed by atoms with Crippen LogP contribution in [0.5, 0.6) is 0 Å². The van der Waals surface area contributed by atoms with Gasteiger partial charge in [0.05, 0.1) is 17.2 Å². The Morgan fingerprint density at radius 1 is 1.00 bits per heavy atom. The average Bonchev–Trinajstić information content (AvgIpc) is 3.49. The Morgan fingerprint density at radius 2 is 1.71 bits per heavy atom. The minimum absolute atomic E-state index is 0.0961. The molecule has 0 unspecified atom stereocenters. The summed E-state index contributed by atoms with van der Waals surface area (Å²) in [5.74, 6) is -0.491. The van der Waals surface area contributed by atoms with Crippen molar-refractivity contribution in [2.75, 3.05) is 38.1 Å². The number of carbonyl (C=O) groups excluding carboxylic acids is 2. The summed E-state index contributed by atoms with van der Waals surface area (Å²) in [6.45, 7) is 4.16. The van der Waals surface area contributed by atoms with Gasteiger partial charge in [0.2, 0.25) is 0 Å². The van der Waals surface area contributed by atoms with Crippen LogP contribution in [-0.2, 0) is 4.74 Å². The third-order valence-corrected chi connectivity index (χ3v) is 9.49. The predicted octanol–water partition coefficient (Wildman–Crippen LogP) is 7.27. The Labute approximate surface area is 243 Å². The highest BCUT2D eigenvalue weighted by atomic mass is 35.5. The van der Waals surface area contributed by atoms with Crippen LogP contribution in [0.15, 0.2) is 54.6 Å². The third-order valence-electron chi connectivity index (χ3n) is 6.15. The number of amides is 1. The van der Waals surface area contributed by atoms with E-state index in [4.69, 9.17) is 40.2 Å². The molecule has 0 saturated carbocycles. The molecule has 1 amide bonds. The van der Waals surface area contributed by atoms with Crippen LogP contribution >= 0.6 is 58.1 Å². The first-order valence-corrected chi connectivity index (χ1v) is 14.7. The van der Waals surface area contributed by atoms with Crippen LogP contribution in [0.4, 0.5) is 5.00 Å². The number of fused-ring (bicyclic) bond motifs is 1. The summed E-state index contributed by atoms with van der Waals surface area (Å²) in [5, 5.41) is 6.30. The minimum atomic E-state index is -0.395. The molecule has 1 fully saturated rings. The van der Waals surface area contributed by atoms with Crippen LogP contribution in [0.1, 0.15) is 27.0 Å². The highest BCUT2D eigenvalue weighted by Crippen LogP contribution is 2.38. The second kappa shape index (κ2) is 11.6. The van der Waals surface area contributed by atoms with Gasteiger partial charge in [0.25, 0.3) is 5.91 Å². The fraction of sp³-hybridized carbons (Fsp3) is 0.222. The van der Waals surface area contributed by atoms with Gasteiger partial charge in [-0.2, -0.15) is 0 Å². The molecule has 0 atom stereocenters. The number of ether oxygens (including phenoxy) is 1. The molecule has 0 aliphatic carbocycles. The highest BCUT2D eigenvalue weighted by molar-refractivity contribution is 7.80. The molecule has 3 heterocycles. The van der Waals surface area contributed by atoms with Crippen molar-refractivity contribution in [3.63, 3.8) is 0 Å². The second-order valence-electron chi connectivity index (χ2n) is 8.53. The number of anilines is 1. The van der Waals surface area contributed by atoms with Crippen LogP contribution in [0.3, 0.4) is 0 Å². The number of rotatable bonds is 5. The normalized spacial score (nSPS) is 13.6. The molecule has 6 nitrogen and oxygen atoms in total. The molecule has 4 aromatic rings. The van der Waals surface area contributed by atoms with Crippen molar-refractivity contribution in [3.05, 3.63) is 75.1 Å². The molecule has 0 radical (unpaired) electrons. The van der Waals surface area contributed by atoms with E-state index < -0.39 is 5.97 Å². The van der Waals surface area contributed by atoms with Gasteiger partial charge >= 0.3 is 5.97 Å². The molecule has 1 saturated heterocycles. The first kappa shape index (κ1) is 26.9. The van der Waals surface area contributed by atoms with Crippen molar-refractivity contribution in [1.29, 1.82) is 0 Å². The van der Waals surface area contributed by atoms with E-state index in [2.05, 4.69) is 5.32 Å². The quantitative estimate of drug-likeness (QED) is 0.191. The van der Waals surface area contributed by atoms with Gasteiger partial charge < -0.3 is 19.9 Å². The van der Waals surface area contributed by atoms with Gasteiger partial charge in [0.1, 0.15) is 9.88 Å². The van der Waals surface area contributed by atoms with E-state index >= 15 is 0 Å². The number of nitrogens with zero attached hydrogens (tertiary/aromatic N) is 2. The number of thiophene rings is 2. The van der Waals surface area contributed by atoms with Gasteiger partial charge in [-0.25, -0.2) is 4.79 Å². The molecule has 0 spiro atoms. The van der Waals surface area contributed by atoms with Crippen molar-refractivity contribution < 1.29 is 14.3 Å². The Morgan fingerprint density at radius 3 is 2.42 bits per heavy atom. The maximum Gasteiger partial charge on any atom is 0.341 e. The Hall–Kier alpha value is -2.69. The van der Waals surface area contributed by atoms with Crippen molar-refractivity contribution in [3.8, 4) is 10.4 Å².